The van der Waals surface area contributed by atoms with Crippen LogP contribution in [0.2, 0.25) is 5.15 Å². The van der Waals surface area contributed by atoms with E-state index in [0.717, 1.165) is 5.56 Å². The number of pyridine rings is 1. The molecule has 0 spiro atoms. The topological polar surface area (TPSA) is 51.8 Å². The van der Waals surface area contributed by atoms with Gasteiger partial charge in [-0.2, -0.15) is 4.98 Å². The quantitative estimate of drug-likeness (QED) is 0.654. The molecule has 0 aliphatic rings. The summed E-state index contributed by atoms with van der Waals surface area (Å²) < 4.78 is 4.95. The average molecular weight is 196 g/mol. The second kappa shape index (κ2) is 3.14. The van der Waals surface area contributed by atoms with E-state index in [-0.39, 0.29) is 0 Å². The molecule has 0 radical (unpaired) electrons. The van der Waals surface area contributed by atoms with Crippen molar-refractivity contribution in [2.75, 3.05) is 0 Å². The first-order chi connectivity index (χ1) is 6.25. The number of nitrogens with zero attached hydrogens (tertiary/aromatic N) is 3. The minimum absolute atomic E-state index is 0.444. The van der Waals surface area contributed by atoms with Gasteiger partial charge in [0.15, 0.2) is 5.82 Å². The summed E-state index contributed by atoms with van der Waals surface area (Å²) in [6, 6.07) is 3.46. The first-order valence-corrected chi connectivity index (χ1v) is 4.06. The lowest BCUT2D eigenvalue weighted by molar-refractivity contribution is 0.425. The van der Waals surface area contributed by atoms with Crippen molar-refractivity contribution in [2.45, 2.75) is 6.92 Å². The van der Waals surface area contributed by atoms with Crippen LogP contribution in [0.5, 0.6) is 0 Å². The van der Waals surface area contributed by atoms with Crippen molar-refractivity contribution in [1.29, 1.82) is 0 Å². The van der Waals surface area contributed by atoms with Gasteiger partial charge in [0.25, 0.3) is 5.89 Å². The van der Waals surface area contributed by atoms with Gasteiger partial charge >= 0.3 is 0 Å². The summed E-state index contributed by atoms with van der Waals surface area (Å²) in [7, 11) is 0. The van der Waals surface area contributed by atoms with Crippen LogP contribution in [0.15, 0.2) is 22.9 Å². The van der Waals surface area contributed by atoms with Gasteiger partial charge in [0.2, 0.25) is 0 Å². The molecule has 0 atom stereocenters. The molecule has 5 heteroatoms. The van der Waals surface area contributed by atoms with Crippen LogP contribution in [0.1, 0.15) is 5.82 Å². The molecule has 0 saturated heterocycles. The Hall–Kier alpha value is -1.42. The second-order valence-electron chi connectivity index (χ2n) is 2.52. The zero-order valence-electron chi connectivity index (χ0n) is 6.86. The second-order valence-corrected chi connectivity index (χ2v) is 2.90. The van der Waals surface area contributed by atoms with E-state index in [1.54, 1.807) is 25.3 Å². The van der Waals surface area contributed by atoms with E-state index in [2.05, 4.69) is 15.1 Å². The predicted octanol–water partition coefficient (Wildman–Crippen LogP) is 2.09. The smallest absolute Gasteiger partial charge is 0.259 e. The fourth-order valence-electron chi connectivity index (χ4n) is 0.917. The van der Waals surface area contributed by atoms with Gasteiger partial charge in [-0.3, -0.25) is 0 Å². The van der Waals surface area contributed by atoms with Gasteiger partial charge < -0.3 is 4.52 Å². The van der Waals surface area contributed by atoms with Crippen molar-refractivity contribution in [3.05, 3.63) is 29.3 Å². The summed E-state index contributed by atoms with van der Waals surface area (Å²) in [6.07, 6.45) is 1.59. The SMILES string of the molecule is Cc1noc(-c2ccc(Cl)nc2)n1. The molecule has 2 heterocycles. The van der Waals surface area contributed by atoms with Crippen LogP contribution >= 0.6 is 11.6 Å². The van der Waals surface area contributed by atoms with Crippen molar-refractivity contribution in [3.63, 3.8) is 0 Å². The predicted molar refractivity (Wildman–Crippen MR) is 47.3 cm³/mol. The molecular formula is C8H6ClN3O. The minimum Gasteiger partial charge on any atom is -0.334 e. The van der Waals surface area contributed by atoms with Gasteiger partial charge in [-0.1, -0.05) is 16.8 Å². The van der Waals surface area contributed by atoms with Crippen molar-refractivity contribution in [2.24, 2.45) is 0 Å². The number of aromatic nitrogens is 3. The summed E-state index contributed by atoms with van der Waals surface area (Å²) in [5, 5.41) is 4.11. The molecule has 0 amide bonds. The van der Waals surface area contributed by atoms with Gasteiger partial charge in [-0.15, -0.1) is 0 Å². The van der Waals surface area contributed by atoms with E-state index < -0.39 is 0 Å². The van der Waals surface area contributed by atoms with E-state index in [4.69, 9.17) is 16.1 Å². The Kier molecular flexibility index (Phi) is 1.98. The Morgan fingerprint density at radius 3 is 2.77 bits per heavy atom. The zero-order valence-corrected chi connectivity index (χ0v) is 7.62. The summed E-state index contributed by atoms with van der Waals surface area (Å²) in [4.78, 5) is 7.95. The normalized spacial score (nSPS) is 10.3. The van der Waals surface area contributed by atoms with E-state index >= 15 is 0 Å². The summed E-state index contributed by atoms with van der Waals surface area (Å²) in [5.41, 5.74) is 0.769. The molecule has 0 aliphatic carbocycles. The van der Waals surface area contributed by atoms with Crippen molar-refractivity contribution >= 4 is 11.6 Å². The molecule has 0 N–H and O–H groups in total. The lowest BCUT2D eigenvalue weighted by Gasteiger charge is -1.91. The number of hydrogen-bond donors (Lipinski definition) is 0. The molecule has 2 aromatic rings. The molecule has 0 saturated carbocycles. The molecule has 0 unspecified atom stereocenters. The number of aryl methyl sites for hydroxylation is 1. The monoisotopic (exact) mass is 195 g/mol. The molecule has 4 nitrogen and oxygen atoms in total. The van der Waals surface area contributed by atoms with Crippen molar-refractivity contribution in [3.8, 4) is 11.5 Å². The first kappa shape index (κ1) is 8.19. The fourth-order valence-corrected chi connectivity index (χ4v) is 1.03. The molecule has 13 heavy (non-hydrogen) atoms. The van der Waals surface area contributed by atoms with Crippen LogP contribution in [0.4, 0.5) is 0 Å². The molecule has 0 aliphatic heterocycles. The van der Waals surface area contributed by atoms with Crippen LogP contribution < -0.4 is 0 Å². The molecule has 2 aromatic heterocycles. The van der Waals surface area contributed by atoms with Crippen LogP contribution in [-0.4, -0.2) is 15.1 Å². The molecular weight excluding hydrogens is 190 g/mol. The molecule has 66 valence electrons. The van der Waals surface area contributed by atoms with E-state index in [9.17, 15) is 0 Å². The lowest BCUT2D eigenvalue weighted by atomic mass is 10.3. The molecule has 0 aromatic carbocycles. The summed E-state index contributed by atoms with van der Waals surface area (Å²) in [5.74, 6) is 1.06. The van der Waals surface area contributed by atoms with E-state index in [1.165, 1.54) is 0 Å². The van der Waals surface area contributed by atoms with E-state index in [0.29, 0.717) is 16.9 Å². The van der Waals surface area contributed by atoms with Crippen molar-refractivity contribution < 1.29 is 4.52 Å². The van der Waals surface area contributed by atoms with Crippen LogP contribution in [0, 0.1) is 6.92 Å². The Bertz CT molecular complexity index is 410. The number of hydrogen-bond acceptors (Lipinski definition) is 4. The third kappa shape index (κ3) is 1.67. The highest BCUT2D eigenvalue weighted by atomic mass is 35.5. The van der Waals surface area contributed by atoms with E-state index in [1.807, 2.05) is 0 Å². The maximum atomic E-state index is 5.63. The summed E-state index contributed by atoms with van der Waals surface area (Å²) >= 11 is 5.63. The highest BCUT2D eigenvalue weighted by molar-refractivity contribution is 6.29. The van der Waals surface area contributed by atoms with Gasteiger partial charge in [0, 0.05) is 6.20 Å². The summed E-state index contributed by atoms with van der Waals surface area (Å²) in [6.45, 7) is 1.76. The number of rotatable bonds is 1. The Morgan fingerprint density at radius 1 is 1.38 bits per heavy atom. The third-order valence-electron chi connectivity index (χ3n) is 1.50. The Labute approximate surface area is 79.6 Å². The standard InChI is InChI=1S/C8H6ClN3O/c1-5-11-8(13-12-5)6-2-3-7(9)10-4-6/h2-4H,1H3. The third-order valence-corrected chi connectivity index (χ3v) is 1.73. The van der Waals surface area contributed by atoms with Crippen LogP contribution in [-0.2, 0) is 0 Å². The number of halogens is 1. The van der Waals surface area contributed by atoms with Gasteiger partial charge in [0.1, 0.15) is 5.15 Å². The Balaban J connectivity index is 2.41. The highest BCUT2D eigenvalue weighted by Gasteiger charge is 2.05. The maximum Gasteiger partial charge on any atom is 0.259 e. The molecule has 2 rings (SSSR count). The lowest BCUT2D eigenvalue weighted by Crippen LogP contribution is -1.80. The minimum atomic E-state index is 0.444. The molecule has 0 fully saturated rings. The van der Waals surface area contributed by atoms with Gasteiger partial charge in [0.05, 0.1) is 5.56 Å². The maximum absolute atomic E-state index is 5.63. The van der Waals surface area contributed by atoms with Gasteiger partial charge in [-0.05, 0) is 19.1 Å². The fraction of sp³-hybridized carbons (Fsp3) is 0.125. The first-order valence-electron chi connectivity index (χ1n) is 3.68. The average Bonchev–Trinajstić information content (AvgIpc) is 2.53. The van der Waals surface area contributed by atoms with Crippen molar-refractivity contribution in [1.82, 2.24) is 15.1 Å². The van der Waals surface area contributed by atoms with Crippen LogP contribution in [0.3, 0.4) is 0 Å². The molecule has 0 bridgehead atoms. The van der Waals surface area contributed by atoms with Crippen LogP contribution in [0.25, 0.3) is 11.5 Å². The largest absolute Gasteiger partial charge is 0.334 e. The Morgan fingerprint density at radius 2 is 2.23 bits per heavy atom. The zero-order chi connectivity index (χ0) is 9.26. The van der Waals surface area contributed by atoms with Gasteiger partial charge in [-0.25, -0.2) is 4.98 Å². The highest BCUT2D eigenvalue weighted by Crippen LogP contribution is 2.16.